The van der Waals surface area contributed by atoms with E-state index in [4.69, 9.17) is 5.26 Å². The van der Waals surface area contributed by atoms with Gasteiger partial charge in [-0.15, -0.1) is 0 Å². The van der Waals surface area contributed by atoms with Gasteiger partial charge in [0.25, 0.3) is 0 Å². The number of nitrogens with zero attached hydrogens (tertiary/aromatic N) is 2. The molecule has 0 saturated heterocycles. The maximum Gasteiger partial charge on any atom is 0.183 e. The summed E-state index contributed by atoms with van der Waals surface area (Å²) >= 11 is 0. The predicted molar refractivity (Wildman–Crippen MR) is 53.7 cm³/mol. The van der Waals surface area contributed by atoms with Crippen molar-refractivity contribution in [3.05, 3.63) is 24.0 Å². The highest BCUT2D eigenvalue weighted by atomic mass is 32.2. The molecule has 5 heteroatoms. The lowest BCUT2D eigenvalue weighted by molar-refractivity contribution is 0.592. The van der Waals surface area contributed by atoms with Crippen LogP contribution in [0.2, 0.25) is 0 Å². The molecule has 0 radical (unpaired) electrons. The van der Waals surface area contributed by atoms with E-state index in [0.717, 1.165) is 6.42 Å². The fourth-order valence-corrected chi connectivity index (χ4v) is 3.49. The molecule has 1 aliphatic rings. The maximum absolute atomic E-state index is 11.9. The van der Waals surface area contributed by atoms with E-state index in [0.29, 0.717) is 0 Å². The SMILES string of the molecule is CC1CC1S(=O)(=O)c1ccc(C#N)nc1. The molecule has 1 aromatic rings. The first-order valence-corrected chi connectivity index (χ1v) is 6.20. The van der Waals surface area contributed by atoms with Gasteiger partial charge in [-0.05, 0) is 24.5 Å². The quantitative estimate of drug-likeness (QED) is 0.752. The van der Waals surface area contributed by atoms with Crippen LogP contribution in [0.1, 0.15) is 19.0 Å². The van der Waals surface area contributed by atoms with Crippen LogP contribution in [0.5, 0.6) is 0 Å². The standard InChI is InChI=1S/C10H10N2O2S/c1-7-4-10(7)15(13,14)9-3-2-8(5-11)12-6-9/h2-3,6-7,10H,4H2,1H3. The van der Waals surface area contributed by atoms with Crippen LogP contribution >= 0.6 is 0 Å². The molecule has 15 heavy (non-hydrogen) atoms. The Morgan fingerprint density at radius 2 is 2.20 bits per heavy atom. The molecule has 0 amide bonds. The molecule has 4 nitrogen and oxygen atoms in total. The van der Waals surface area contributed by atoms with Crippen molar-refractivity contribution in [2.24, 2.45) is 5.92 Å². The van der Waals surface area contributed by atoms with Crippen LogP contribution in [0, 0.1) is 17.2 Å². The van der Waals surface area contributed by atoms with Crippen molar-refractivity contribution >= 4 is 9.84 Å². The summed E-state index contributed by atoms with van der Waals surface area (Å²) in [6.07, 6.45) is 1.99. The smallest absolute Gasteiger partial charge is 0.183 e. The zero-order valence-corrected chi connectivity index (χ0v) is 9.03. The molecular formula is C10H10N2O2S. The first-order chi connectivity index (χ1) is 7.05. The van der Waals surface area contributed by atoms with Gasteiger partial charge in [-0.1, -0.05) is 6.92 Å². The zero-order valence-electron chi connectivity index (χ0n) is 8.21. The van der Waals surface area contributed by atoms with Gasteiger partial charge in [-0.2, -0.15) is 5.26 Å². The highest BCUT2D eigenvalue weighted by Crippen LogP contribution is 2.39. The van der Waals surface area contributed by atoms with Gasteiger partial charge in [0.15, 0.2) is 9.84 Å². The lowest BCUT2D eigenvalue weighted by Gasteiger charge is -2.01. The van der Waals surface area contributed by atoms with Gasteiger partial charge in [0, 0.05) is 6.20 Å². The van der Waals surface area contributed by atoms with Crippen LogP contribution in [0.4, 0.5) is 0 Å². The number of hydrogen-bond acceptors (Lipinski definition) is 4. The highest BCUT2D eigenvalue weighted by Gasteiger charge is 2.44. The molecular weight excluding hydrogens is 212 g/mol. The van der Waals surface area contributed by atoms with E-state index < -0.39 is 9.84 Å². The summed E-state index contributed by atoms with van der Waals surface area (Å²) in [5, 5.41) is 8.28. The molecule has 2 atom stereocenters. The Balaban J connectivity index is 2.35. The zero-order chi connectivity index (χ0) is 11.1. The third-order valence-corrected chi connectivity index (χ3v) is 4.97. The Morgan fingerprint density at radius 1 is 1.53 bits per heavy atom. The van der Waals surface area contributed by atoms with Crippen LogP contribution in [-0.4, -0.2) is 18.7 Å². The van der Waals surface area contributed by atoms with Crippen molar-refractivity contribution in [1.82, 2.24) is 4.98 Å². The Morgan fingerprint density at radius 3 is 2.60 bits per heavy atom. The summed E-state index contributed by atoms with van der Waals surface area (Å²) in [5.41, 5.74) is 0.234. The molecule has 1 saturated carbocycles. The molecule has 2 unspecified atom stereocenters. The monoisotopic (exact) mass is 222 g/mol. The molecule has 1 fully saturated rings. The summed E-state index contributed by atoms with van der Waals surface area (Å²) in [6, 6.07) is 4.73. The first-order valence-electron chi connectivity index (χ1n) is 4.66. The Kier molecular flexibility index (Phi) is 2.24. The van der Waals surface area contributed by atoms with Crippen molar-refractivity contribution in [3.63, 3.8) is 0 Å². The van der Waals surface area contributed by atoms with Gasteiger partial charge in [-0.25, -0.2) is 13.4 Å². The number of pyridine rings is 1. The third kappa shape index (κ3) is 1.73. The van der Waals surface area contributed by atoms with Crippen LogP contribution in [-0.2, 0) is 9.84 Å². The number of aromatic nitrogens is 1. The minimum Gasteiger partial charge on any atom is -0.244 e. The molecule has 0 N–H and O–H groups in total. The largest absolute Gasteiger partial charge is 0.244 e. The number of rotatable bonds is 2. The number of nitriles is 1. The predicted octanol–water partition coefficient (Wildman–Crippen LogP) is 1.14. The molecule has 0 spiro atoms. The minimum atomic E-state index is -3.21. The van der Waals surface area contributed by atoms with E-state index >= 15 is 0 Å². The Bertz CT molecular complexity index is 513. The van der Waals surface area contributed by atoms with Gasteiger partial charge >= 0.3 is 0 Å². The van der Waals surface area contributed by atoms with E-state index in [1.54, 1.807) is 0 Å². The molecule has 1 heterocycles. The topological polar surface area (TPSA) is 70.8 Å². The van der Waals surface area contributed by atoms with Crippen molar-refractivity contribution in [2.75, 3.05) is 0 Å². The van der Waals surface area contributed by atoms with Gasteiger partial charge in [-0.3, -0.25) is 0 Å². The highest BCUT2D eigenvalue weighted by molar-refractivity contribution is 7.92. The second kappa shape index (κ2) is 3.31. The van der Waals surface area contributed by atoms with Gasteiger partial charge < -0.3 is 0 Å². The normalized spacial score (nSPS) is 24.5. The number of sulfone groups is 1. The van der Waals surface area contributed by atoms with Crippen LogP contribution < -0.4 is 0 Å². The lowest BCUT2D eigenvalue weighted by Crippen LogP contribution is -2.09. The lowest BCUT2D eigenvalue weighted by atomic mass is 10.4. The van der Waals surface area contributed by atoms with Crippen molar-refractivity contribution in [2.45, 2.75) is 23.5 Å². The Hall–Kier alpha value is -1.41. The second-order valence-electron chi connectivity index (χ2n) is 3.79. The molecule has 2 rings (SSSR count). The fraction of sp³-hybridized carbons (Fsp3) is 0.400. The van der Waals surface area contributed by atoms with E-state index in [9.17, 15) is 8.42 Å². The molecule has 78 valence electrons. The summed E-state index contributed by atoms with van der Waals surface area (Å²) in [6.45, 7) is 1.92. The summed E-state index contributed by atoms with van der Waals surface area (Å²) in [5.74, 6) is 0.241. The van der Waals surface area contributed by atoms with Crippen LogP contribution in [0.3, 0.4) is 0 Å². The first kappa shape index (κ1) is 10.1. The third-order valence-electron chi connectivity index (χ3n) is 2.61. The molecule has 1 aliphatic carbocycles. The van der Waals surface area contributed by atoms with E-state index in [-0.39, 0.29) is 21.8 Å². The molecule has 0 bridgehead atoms. The summed E-state index contributed by atoms with van der Waals surface area (Å²) in [7, 11) is -3.21. The van der Waals surface area contributed by atoms with Gasteiger partial charge in [0.2, 0.25) is 0 Å². The maximum atomic E-state index is 11.9. The molecule has 0 aliphatic heterocycles. The van der Waals surface area contributed by atoms with Crippen LogP contribution in [0.15, 0.2) is 23.2 Å². The van der Waals surface area contributed by atoms with E-state index in [1.807, 2.05) is 13.0 Å². The Labute approximate surface area is 88.5 Å². The van der Waals surface area contributed by atoms with Gasteiger partial charge in [0.05, 0.1) is 10.1 Å². The van der Waals surface area contributed by atoms with E-state index in [1.165, 1.54) is 18.3 Å². The fourth-order valence-electron chi connectivity index (χ4n) is 1.51. The second-order valence-corrected chi connectivity index (χ2v) is 5.95. The van der Waals surface area contributed by atoms with Crippen molar-refractivity contribution < 1.29 is 8.42 Å². The van der Waals surface area contributed by atoms with Gasteiger partial charge in [0.1, 0.15) is 11.8 Å². The summed E-state index contributed by atoms with van der Waals surface area (Å²) in [4.78, 5) is 3.98. The molecule has 1 aromatic heterocycles. The van der Waals surface area contributed by atoms with E-state index in [2.05, 4.69) is 4.98 Å². The summed E-state index contributed by atoms with van der Waals surface area (Å²) < 4.78 is 23.8. The molecule has 0 aromatic carbocycles. The van der Waals surface area contributed by atoms with Crippen LogP contribution in [0.25, 0.3) is 0 Å². The average molecular weight is 222 g/mol. The van der Waals surface area contributed by atoms with Crippen molar-refractivity contribution in [1.29, 1.82) is 5.26 Å². The average Bonchev–Trinajstić information content (AvgIpc) is 2.96. The minimum absolute atomic E-state index is 0.218. The van der Waals surface area contributed by atoms with Crippen molar-refractivity contribution in [3.8, 4) is 6.07 Å². The number of hydrogen-bond donors (Lipinski definition) is 0.